The fourth-order valence-electron chi connectivity index (χ4n) is 1.81. The highest BCUT2D eigenvalue weighted by atomic mass is 16.1. The molecule has 2 rings (SSSR count). The minimum Gasteiger partial charge on any atom is -0.381 e. The van der Waals surface area contributed by atoms with Crippen molar-refractivity contribution >= 4 is 11.6 Å². The van der Waals surface area contributed by atoms with Gasteiger partial charge < -0.3 is 10.6 Å². The molecule has 0 aliphatic rings. The van der Waals surface area contributed by atoms with E-state index in [0.717, 1.165) is 11.3 Å². The van der Waals surface area contributed by atoms with Gasteiger partial charge in [-0.25, -0.2) is 0 Å². The van der Waals surface area contributed by atoms with Crippen LogP contribution in [0, 0.1) is 6.92 Å². The highest BCUT2D eigenvalue weighted by molar-refractivity contribution is 5.93. The summed E-state index contributed by atoms with van der Waals surface area (Å²) in [4.78, 5) is 19.9. The number of pyridine rings is 2. The summed E-state index contributed by atoms with van der Waals surface area (Å²) in [7, 11) is 0. The van der Waals surface area contributed by atoms with E-state index in [0.29, 0.717) is 18.8 Å². The summed E-state index contributed by atoms with van der Waals surface area (Å²) in [5.41, 5.74) is 3.61. The average Bonchev–Trinajstić information content (AvgIpc) is 2.47. The van der Waals surface area contributed by atoms with Crippen molar-refractivity contribution in [2.75, 3.05) is 11.9 Å². The molecule has 20 heavy (non-hydrogen) atoms. The minimum absolute atomic E-state index is 0.156. The minimum atomic E-state index is -0.156. The first-order valence-electron chi connectivity index (χ1n) is 6.58. The number of aromatic nitrogens is 2. The lowest BCUT2D eigenvalue weighted by molar-refractivity contribution is 0.0951. The van der Waals surface area contributed by atoms with Crippen molar-refractivity contribution in [1.29, 1.82) is 0 Å². The zero-order valence-corrected chi connectivity index (χ0v) is 11.7. The van der Waals surface area contributed by atoms with Gasteiger partial charge in [-0.05, 0) is 43.2 Å². The lowest BCUT2D eigenvalue weighted by atomic mass is 10.1. The van der Waals surface area contributed by atoms with Gasteiger partial charge in [-0.1, -0.05) is 0 Å². The molecule has 2 aromatic heterocycles. The summed E-state index contributed by atoms with van der Waals surface area (Å²) in [6.07, 6.45) is 5.24. The molecule has 0 unspecified atom stereocenters. The molecule has 0 aliphatic carbocycles. The third-order valence-electron chi connectivity index (χ3n) is 2.95. The van der Waals surface area contributed by atoms with Gasteiger partial charge in [0.1, 0.15) is 5.69 Å². The van der Waals surface area contributed by atoms with Crippen molar-refractivity contribution in [2.45, 2.75) is 20.4 Å². The van der Waals surface area contributed by atoms with Crippen LogP contribution in [0.2, 0.25) is 0 Å². The van der Waals surface area contributed by atoms with E-state index < -0.39 is 0 Å². The predicted molar refractivity (Wildman–Crippen MR) is 78.5 cm³/mol. The molecule has 0 spiro atoms. The van der Waals surface area contributed by atoms with E-state index in [1.165, 1.54) is 5.56 Å². The van der Waals surface area contributed by atoms with Gasteiger partial charge >= 0.3 is 0 Å². The number of carbonyl (C=O) groups excluding carboxylic acids is 1. The van der Waals surface area contributed by atoms with Crippen molar-refractivity contribution in [3.8, 4) is 0 Å². The molecule has 104 valence electrons. The Morgan fingerprint density at radius 2 is 2.15 bits per heavy atom. The Labute approximate surface area is 118 Å². The highest BCUT2D eigenvalue weighted by Crippen LogP contribution is 2.12. The Balaban J connectivity index is 2.05. The number of anilines is 1. The molecule has 0 saturated heterocycles. The predicted octanol–water partition coefficient (Wildman–Crippen LogP) is 2.15. The quantitative estimate of drug-likeness (QED) is 0.873. The van der Waals surface area contributed by atoms with E-state index >= 15 is 0 Å². The number of hydrogen-bond acceptors (Lipinski definition) is 4. The summed E-state index contributed by atoms with van der Waals surface area (Å²) >= 11 is 0. The summed E-state index contributed by atoms with van der Waals surface area (Å²) in [5, 5.41) is 6.03. The Morgan fingerprint density at radius 3 is 2.90 bits per heavy atom. The molecule has 0 radical (unpaired) electrons. The highest BCUT2D eigenvalue weighted by Gasteiger charge is 2.06. The van der Waals surface area contributed by atoms with E-state index in [4.69, 9.17) is 0 Å². The van der Waals surface area contributed by atoms with Gasteiger partial charge in [0.05, 0.1) is 0 Å². The fraction of sp³-hybridized carbons (Fsp3) is 0.267. The summed E-state index contributed by atoms with van der Waals surface area (Å²) in [5.74, 6) is -0.156. The van der Waals surface area contributed by atoms with Gasteiger partial charge in [0.2, 0.25) is 0 Å². The van der Waals surface area contributed by atoms with Crippen LogP contribution < -0.4 is 10.6 Å². The molecule has 0 atom stereocenters. The van der Waals surface area contributed by atoms with Crippen LogP contribution in [0.1, 0.15) is 28.5 Å². The Kier molecular flexibility index (Phi) is 4.65. The van der Waals surface area contributed by atoms with Crippen LogP contribution in [0.4, 0.5) is 5.69 Å². The maximum absolute atomic E-state index is 11.7. The number of nitrogens with zero attached hydrogens (tertiary/aromatic N) is 2. The van der Waals surface area contributed by atoms with E-state index in [-0.39, 0.29) is 5.91 Å². The molecule has 2 aromatic rings. The molecular formula is C15H18N4O. The second-order valence-corrected chi connectivity index (χ2v) is 4.44. The number of nitrogens with one attached hydrogen (secondary N) is 2. The molecule has 2 N–H and O–H groups in total. The zero-order chi connectivity index (χ0) is 14.4. The summed E-state index contributed by atoms with van der Waals surface area (Å²) in [6.45, 7) is 5.19. The van der Waals surface area contributed by atoms with E-state index in [9.17, 15) is 4.79 Å². The average molecular weight is 270 g/mol. The number of amides is 1. The molecule has 0 aromatic carbocycles. The van der Waals surface area contributed by atoms with Crippen LogP contribution in [0.15, 0.2) is 36.8 Å². The molecule has 0 bridgehead atoms. The van der Waals surface area contributed by atoms with Crippen molar-refractivity contribution in [2.24, 2.45) is 0 Å². The lowest BCUT2D eigenvalue weighted by Gasteiger charge is -2.09. The lowest BCUT2D eigenvalue weighted by Crippen LogP contribution is -2.23. The maximum atomic E-state index is 11.7. The van der Waals surface area contributed by atoms with Gasteiger partial charge in [-0.3, -0.25) is 14.8 Å². The van der Waals surface area contributed by atoms with Gasteiger partial charge in [0.25, 0.3) is 5.91 Å². The molecule has 2 heterocycles. The zero-order valence-electron chi connectivity index (χ0n) is 11.7. The van der Waals surface area contributed by atoms with Gasteiger partial charge in [-0.2, -0.15) is 0 Å². The van der Waals surface area contributed by atoms with Crippen LogP contribution in [0.25, 0.3) is 0 Å². The number of rotatable bonds is 5. The van der Waals surface area contributed by atoms with Crippen molar-refractivity contribution in [1.82, 2.24) is 15.3 Å². The molecule has 5 nitrogen and oxygen atoms in total. The molecular weight excluding hydrogens is 252 g/mol. The second-order valence-electron chi connectivity index (χ2n) is 4.44. The molecule has 0 aliphatic heterocycles. The number of carbonyl (C=O) groups is 1. The van der Waals surface area contributed by atoms with Crippen molar-refractivity contribution in [3.63, 3.8) is 0 Å². The van der Waals surface area contributed by atoms with E-state index in [2.05, 4.69) is 20.6 Å². The van der Waals surface area contributed by atoms with Crippen LogP contribution in [0.5, 0.6) is 0 Å². The first-order chi connectivity index (χ1) is 9.70. The van der Waals surface area contributed by atoms with Gasteiger partial charge in [0.15, 0.2) is 0 Å². The third-order valence-corrected chi connectivity index (χ3v) is 2.95. The Bertz CT molecular complexity index is 598. The van der Waals surface area contributed by atoms with Crippen LogP contribution in [-0.4, -0.2) is 22.4 Å². The van der Waals surface area contributed by atoms with Gasteiger partial charge in [0, 0.05) is 37.4 Å². The second kappa shape index (κ2) is 6.65. The SMILES string of the molecule is CCNC(=O)c1cc(NCc2ccncc2C)ccn1. The molecule has 0 saturated carbocycles. The topological polar surface area (TPSA) is 66.9 Å². The normalized spacial score (nSPS) is 10.1. The monoisotopic (exact) mass is 270 g/mol. The summed E-state index contributed by atoms with van der Waals surface area (Å²) in [6, 6.07) is 5.58. The van der Waals surface area contributed by atoms with Crippen molar-refractivity contribution < 1.29 is 4.79 Å². The number of aryl methyl sites for hydroxylation is 1. The van der Waals surface area contributed by atoms with E-state index in [1.54, 1.807) is 18.5 Å². The standard InChI is InChI=1S/C15H18N4O/c1-3-17-15(20)14-8-13(5-7-18-14)19-10-12-4-6-16-9-11(12)2/h4-9H,3,10H2,1-2H3,(H,17,20)(H,18,19). The Morgan fingerprint density at radius 1 is 1.30 bits per heavy atom. The Hall–Kier alpha value is -2.43. The number of hydrogen-bond donors (Lipinski definition) is 2. The largest absolute Gasteiger partial charge is 0.381 e. The fourth-order valence-corrected chi connectivity index (χ4v) is 1.81. The third kappa shape index (κ3) is 3.54. The first kappa shape index (κ1) is 14.0. The van der Waals surface area contributed by atoms with Gasteiger partial charge in [-0.15, -0.1) is 0 Å². The maximum Gasteiger partial charge on any atom is 0.269 e. The van der Waals surface area contributed by atoms with Crippen LogP contribution in [-0.2, 0) is 6.54 Å². The summed E-state index contributed by atoms with van der Waals surface area (Å²) < 4.78 is 0. The first-order valence-corrected chi connectivity index (χ1v) is 6.58. The molecule has 1 amide bonds. The smallest absolute Gasteiger partial charge is 0.269 e. The van der Waals surface area contributed by atoms with Crippen molar-refractivity contribution in [3.05, 3.63) is 53.6 Å². The van der Waals surface area contributed by atoms with Crippen LogP contribution in [0.3, 0.4) is 0 Å². The molecule has 0 fully saturated rings. The van der Waals surface area contributed by atoms with E-state index in [1.807, 2.05) is 32.2 Å². The van der Waals surface area contributed by atoms with Crippen LogP contribution >= 0.6 is 0 Å². The molecule has 5 heteroatoms.